The maximum absolute atomic E-state index is 13.3. The van der Waals surface area contributed by atoms with Crippen molar-refractivity contribution in [2.75, 3.05) is 25.5 Å². The highest BCUT2D eigenvalue weighted by Gasteiger charge is 2.31. The first kappa shape index (κ1) is 25.3. The molecule has 7 heteroatoms. The van der Waals surface area contributed by atoms with E-state index in [-0.39, 0.29) is 23.6 Å². The highest BCUT2D eigenvalue weighted by atomic mass is 16.5. The molecule has 7 nitrogen and oxygen atoms in total. The molecule has 2 aromatic rings. The lowest BCUT2D eigenvalue weighted by molar-refractivity contribution is -0.134. The maximum Gasteiger partial charge on any atom is 0.255 e. The molecular formula is C27H35N3O4. The number of carbonyl (C=O) groups is 3. The molecule has 0 radical (unpaired) electrons. The van der Waals surface area contributed by atoms with Crippen molar-refractivity contribution in [3.63, 3.8) is 0 Å². The van der Waals surface area contributed by atoms with Gasteiger partial charge in [0.25, 0.3) is 11.8 Å². The van der Waals surface area contributed by atoms with Crippen LogP contribution in [0.4, 0.5) is 5.69 Å². The number of rotatable bonds is 8. The van der Waals surface area contributed by atoms with Gasteiger partial charge in [0, 0.05) is 18.7 Å². The van der Waals surface area contributed by atoms with E-state index in [1.54, 1.807) is 55.6 Å². The number of hydrogen-bond donors (Lipinski definition) is 2. The quantitative estimate of drug-likeness (QED) is 0.601. The van der Waals surface area contributed by atoms with Crippen LogP contribution in [0.15, 0.2) is 48.5 Å². The summed E-state index contributed by atoms with van der Waals surface area (Å²) in [5, 5.41) is 5.80. The van der Waals surface area contributed by atoms with Gasteiger partial charge in [-0.25, -0.2) is 0 Å². The largest absolute Gasteiger partial charge is 0.497 e. The second-order valence-electron chi connectivity index (χ2n) is 8.80. The summed E-state index contributed by atoms with van der Waals surface area (Å²) < 4.78 is 5.14. The Kier molecular flexibility index (Phi) is 9.08. The Balaban J connectivity index is 1.77. The average molecular weight is 466 g/mol. The van der Waals surface area contributed by atoms with Crippen molar-refractivity contribution < 1.29 is 19.1 Å². The van der Waals surface area contributed by atoms with Crippen LogP contribution in [0.2, 0.25) is 0 Å². The van der Waals surface area contributed by atoms with Crippen molar-refractivity contribution in [3.8, 4) is 5.75 Å². The van der Waals surface area contributed by atoms with Gasteiger partial charge < -0.3 is 20.3 Å². The second kappa shape index (κ2) is 12.2. The number of ether oxygens (including phenoxy) is 1. The number of likely N-dealkylation sites (tertiary alicyclic amines) is 1. The van der Waals surface area contributed by atoms with Gasteiger partial charge >= 0.3 is 0 Å². The van der Waals surface area contributed by atoms with Gasteiger partial charge in [0.05, 0.1) is 18.4 Å². The fourth-order valence-electron chi connectivity index (χ4n) is 4.12. The van der Waals surface area contributed by atoms with Crippen molar-refractivity contribution in [3.05, 3.63) is 59.7 Å². The van der Waals surface area contributed by atoms with E-state index in [2.05, 4.69) is 10.6 Å². The van der Waals surface area contributed by atoms with E-state index in [4.69, 9.17) is 4.74 Å². The van der Waals surface area contributed by atoms with Gasteiger partial charge in [0.1, 0.15) is 11.8 Å². The van der Waals surface area contributed by atoms with E-state index in [0.717, 1.165) is 45.2 Å². The van der Waals surface area contributed by atoms with E-state index < -0.39 is 6.04 Å². The summed E-state index contributed by atoms with van der Waals surface area (Å²) in [6.07, 6.45) is 5.01. The predicted molar refractivity (Wildman–Crippen MR) is 133 cm³/mol. The van der Waals surface area contributed by atoms with E-state index in [1.807, 2.05) is 18.7 Å². The first-order valence-corrected chi connectivity index (χ1v) is 12.1. The summed E-state index contributed by atoms with van der Waals surface area (Å²) in [4.78, 5) is 41.3. The first-order valence-electron chi connectivity index (χ1n) is 12.1. The average Bonchev–Trinajstić information content (AvgIpc) is 3.16. The third-order valence-electron chi connectivity index (χ3n) is 6.46. The number of anilines is 1. The molecule has 0 aromatic heterocycles. The van der Waals surface area contributed by atoms with Crippen LogP contribution in [-0.4, -0.2) is 48.9 Å². The van der Waals surface area contributed by atoms with Crippen LogP contribution < -0.4 is 15.4 Å². The van der Waals surface area contributed by atoms with Gasteiger partial charge in [-0.3, -0.25) is 14.4 Å². The minimum absolute atomic E-state index is 0.0132. The molecule has 1 aliphatic heterocycles. The third kappa shape index (κ3) is 6.37. The van der Waals surface area contributed by atoms with Gasteiger partial charge in [0.15, 0.2) is 0 Å². The Bertz CT molecular complexity index is 982. The molecular weight excluding hydrogens is 430 g/mol. The van der Waals surface area contributed by atoms with Crippen molar-refractivity contribution in [2.45, 2.75) is 52.0 Å². The van der Waals surface area contributed by atoms with E-state index in [0.29, 0.717) is 22.6 Å². The van der Waals surface area contributed by atoms with Gasteiger partial charge in [-0.2, -0.15) is 0 Å². The number of para-hydroxylation sites is 1. The number of hydrogen-bond acceptors (Lipinski definition) is 4. The molecule has 34 heavy (non-hydrogen) atoms. The lowest BCUT2D eigenvalue weighted by Crippen LogP contribution is -2.52. The van der Waals surface area contributed by atoms with Crippen molar-refractivity contribution >= 4 is 23.4 Å². The summed E-state index contributed by atoms with van der Waals surface area (Å²) in [5.74, 6) is -0.0901. The molecule has 0 spiro atoms. The first-order chi connectivity index (χ1) is 16.4. The molecule has 3 amide bonds. The number of carbonyl (C=O) groups excluding carboxylic acids is 3. The Morgan fingerprint density at radius 3 is 2.21 bits per heavy atom. The highest BCUT2D eigenvalue weighted by molar-refractivity contribution is 6.09. The van der Waals surface area contributed by atoms with Crippen LogP contribution >= 0.6 is 0 Å². The highest BCUT2D eigenvalue weighted by Crippen LogP contribution is 2.20. The standard InChI is InChI=1S/C27H35N3O4/c1-4-19(2)24(27(33)30-17-9-5-6-10-18-30)29-26(32)22-11-7-8-12-23(22)28-25(31)20-13-15-21(34-3)16-14-20/h7-8,11-16,19,24H,4-6,9-10,17-18H2,1-3H3,(H,28,31)(H,29,32). The second-order valence-corrected chi connectivity index (χ2v) is 8.80. The fraction of sp³-hybridized carbons (Fsp3) is 0.444. The number of methoxy groups -OCH3 is 1. The van der Waals surface area contributed by atoms with Crippen LogP contribution in [-0.2, 0) is 4.79 Å². The Labute approximate surface area is 201 Å². The number of nitrogens with one attached hydrogen (secondary N) is 2. The molecule has 2 N–H and O–H groups in total. The van der Waals surface area contributed by atoms with Gasteiger partial charge in [-0.1, -0.05) is 45.2 Å². The van der Waals surface area contributed by atoms with Crippen molar-refractivity contribution in [2.24, 2.45) is 5.92 Å². The Morgan fingerprint density at radius 2 is 1.59 bits per heavy atom. The van der Waals surface area contributed by atoms with E-state index in [1.165, 1.54) is 0 Å². The maximum atomic E-state index is 13.3. The van der Waals surface area contributed by atoms with Crippen LogP contribution in [0, 0.1) is 5.92 Å². The van der Waals surface area contributed by atoms with Crippen molar-refractivity contribution in [1.82, 2.24) is 10.2 Å². The summed E-state index contributed by atoms with van der Waals surface area (Å²) in [6.45, 7) is 5.47. The molecule has 182 valence electrons. The van der Waals surface area contributed by atoms with Crippen LogP contribution in [0.25, 0.3) is 0 Å². The zero-order valence-electron chi connectivity index (χ0n) is 20.3. The smallest absolute Gasteiger partial charge is 0.255 e. The Morgan fingerprint density at radius 1 is 0.941 bits per heavy atom. The Hall–Kier alpha value is -3.35. The zero-order valence-corrected chi connectivity index (χ0v) is 20.3. The number of benzene rings is 2. The molecule has 1 fully saturated rings. The third-order valence-corrected chi connectivity index (χ3v) is 6.46. The van der Waals surface area contributed by atoms with E-state index in [9.17, 15) is 14.4 Å². The topological polar surface area (TPSA) is 87.7 Å². The molecule has 2 unspecified atom stereocenters. The lowest BCUT2D eigenvalue weighted by atomic mass is 9.97. The SMILES string of the molecule is CCC(C)C(NC(=O)c1ccccc1NC(=O)c1ccc(OC)cc1)C(=O)N1CCCCCC1. The van der Waals surface area contributed by atoms with E-state index >= 15 is 0 Å². The lowest BCUT2D eigenvalue weighted by Gasteiger charge is -2.30. The summed E-state index contributed by atoms with van der Waals surface area (Å²) >= 11 is 0. The molecule has 0 aliphatic carbocycles. The molecule has 1 heterocycles. The van der Waals surface area contributed by atoms with Crippen LogP contribution in [0.5, 0.6) is 5.75 Å². The number of amides is 3. The van der Waals surface area contributed by atoms with Gasteiger partial charge in [-0.05, 0) is 55.2 Å². The summed E-state index contributed by atoms with van der Waals surface area (Å²) in [5.41, 5.74) is 1.16. The summed E-state index contributed by atoms with van der Waals surface area (Å²) in [7, 11) is 1.56. The minimum Gasteiger partial charge on any atom is -0.497 e. The fourth-order valence-corrected chi connectivity index (χ4v) is 4.12. The molecule has 2 atom stereocenters. The molecule has 3 rings (SSSR count). The normalized spacial score (nSPS) is 15.6. The monoisotopic (exact) mass is 465 g/mol. The van der Waals surface area contributed by atoms with Gasteiger partial charge in [-0.15, -0.1) is 0 Å². The molecule has 1 aliphatic rings. The molecule has 1 saturated heterocycles. The zero-order chi connectivity index (χ0) is 24.5. The van der Waals surface area contributed by atoms with Crippen LogP contribution in [0.1, 0.15) is 66.7 Å². The molecule has 0 saturated carbocycles. The summed E-state index contributed by atoms with van der Waals surface area (Å²) in [6, 6.07) is 13.0. The number of nitrogens with zero attached hydrogens (tertiary/aromatic N) is 1. The molecule has 2 aromatic carbocycles. The van der Waals surface area contributed by atoms with Crippen LogP contribution in [0.3, 0.4) is 0 Å². The molecule has 0 bridgehead atoms. The van der Waals surface area contributed by atoms with Crippen molar-refractivity contribution in [1.29, 1.82) is 0 Å². The minimum atomic E-state index is -0.610. The predicted octanol–water partition coefficient (Wildman–Crippen LogP) is 4.49. The van der Waals surface area contributed by atoms with Gasteiger partial charge in [0.2, 0.25) is 5.91 Å².